The van der Waals surface area contributed by atoms with Crippen LogP contribution in [0.25, 0.3) is 0 Å². The molecule has 1 N–H and O–H groups in total. The predicted molar refractivity (Wildman–Crippen MR) is 76.4 cm³/mol. The van der Waals surface area contributed by atoms with Crippen molar-refractivity contribution in [3.8, 4) is 0 Å². The van der Waals surface area contributed by atoms with Crippen molar-refractivity contribution in [1.82, 2.24) is 5.32 Å². The monoisotopic (exact) mass is 287 g/mol. The molecule has 0 aliphatic carbocycles. The van der Waals surface area contributed by atoms with Crippen molar-refractivity contribution in [3.63, 3.8) is 0 Å². The Kier molecular flexibility index (Phi) is 4.54. The molecule has 0 bridgehead atoms. The summed E-state index contributed by atoms with van der Waals surface area (Å²) in [5, 5.41) is 4.78. The standard InChI is InChI=1S/C14H19Cl2NO/c1-14(2)8-11(5-6-18-14)17-9-10-3-4-12(15)13(16)7-10/h3-4,7,11,17H,5-6,8-9H2,1-2H3. The average Bonchev–Trinajstić information content (AvgIpc) is 2.29. The van der Waals surface area contributed by atoms with Gasteiger partial charge in [-0.3, -0.25) is 0 Å². The molecule has 1 unspecified atom stereocenters. The van der Waals surface area contributed by atoms with E-state index >= 15 is 0 Å². The Morgan fingerprint density at radius 2 is 2.11 bits per heavy atom. The van der Waals surface area contributed by atoms with Gasteiger partial charge < -0.3 is 10.1 Å². The van der Waals surface area contributed by atoms with Gasteiger partial charge in [0.15, 0.2) is 0 Å². The Bertz CT molecular complexity index is 420. The minimum Gasteiger partial charge on any atom is -0.375 e. The van der Waals surface area contributed by atoms with E-state index in [4.69, 9.17) is 27.9 Å². The first-order valence-corrected chi connectivity index (χ1v) is 7.03. The van der Waals surface area contributed by atoms with Gasteiger partial charge in [-0.15, -0.1) is 0 Å². The summed E-state index contributed by atoms with van der Waals surface area (Å²) in [4.78, 5) is 0. The molecule has 1 saturated heterocycles. The van der Waals surface area contributed by atoms with Gasteiger partial charge in [0.1, 0.15) is 0 Å². The lowest BCUT2D eigenvalue weighted by Gasteiger charge is -2.36. The van der Waals surface area contributed by atoms with Crippen LogP contribution in [0.2, 0.25) is 10.0 Å². The van der Waals surface area contributed by atoms with Crippen LogP contribution in [-0.2, 0) is 11.3 Å². The van der Waals surface area contributed by atoms with Crippen molar-refractivity contribution in [3.05, 3.63) is 33.8 Å². The maximum atomic E-state index is 6.00. The van der Waals surface area contributed by atoms with Gasteiger partial charge in [0, 0.05) is 19.2 Å². The average molecular weight is 288 g/mol. The summed E-state index contributed by atoms with van der Waals surface area (Å²) in [6.07, 6.45) is 2.10. The van der Waals surface area contributed by atoms with Crippen LogP contribution in [0.15, 0.2) is 18.2 Å². The first-order valence-electron chi connectivity index (χ1n) is 6.27. The normalized spacial score (nSPS) is 23.0. The Balaban J connectivity index is 1.89. The van der Waals surface area contributed by atoms with E-state index in [1.807, 2.05) is 18.2 Å². The Labute approximate surface area is 119 Å². The van der Waals surface area contributed by atoms with Crippen LogP contribution in [0.3, 0.4) is 0 Å². The lowest BCUT2D eigenvalue weighted by molar-refractivity contribution is -0.0630. The lowest BCUT2D eigenvalue weighted by Crippen LogP contribution is -2.43. The van der Waals surface area contributed by atoms with Crippen molar-refractivity contribution < 1.29 is 4.74 Å². The van der Waals surface area contributed by atoms with Gasteiger partial charge in [-0.05, 0) is 44.4 Å². The van der Waals surface area contributed by atoms with Crippen molar-refractivity contribution in [2.24, 2.45) is 0 Å². The van der Waals surface area contributed by atoms with Crippen LogP contribution in [0.5, 0.6) is 0 Å². The second-order valence-electron chi connectivity index (χ2n) is 5.43. The third-order valence-corrected chi connectivity index (χ3v) is 4.01. The fourth-order valence-electron chi connectivity index (χ4n) is 2.32. The molecular formula is C14H19Cl2NO. The summed E-state index contributed by atoms with van der Waals surface area (Å²) in [7, 11) is 0. The molecule has 1 aliphatic heterocycles. The molecule has 2 nitrogen and oxygen atoms in total. The molecule has 1 aromatic carbocycles. The summed E-state index contributed by atoms with van der Waals surface area (Å²) >= 11 is 11.9. The van der Waals surface area contributed by atoms with Gasteiger partial charge in [-0.1, -0.05) is 29.3 Å². The number of rotatable bonds is 3. The van der Waals surface area contributed by atoms with Gasteiger partial charge in [-0.25, -0.2) is 0 Å². The molecule has 1 fully saturated rings. The second kappa shape index (κ2) is 5.79. The Hall–Kier alpha value is -0.280. The molecule has 100 valence electrons. The first-order chi connectivity index (χ1) is 8.46. The predicted octanol–water partition coefficient (Wildman–Crippen LogP) is 4.04. The maximum absolute atomic E-state index is 6.00. The maximum Gasteiger partial charge on any atom is 0.0641 e. The van der Waals surface area contributed by atoms with Crippen LogP contribution in [0, 0.1) is 0 Å². The molecule has 18 heavy (non-hydrogen) atoms. The third kappa shape index (κ3) is 3.86. The fourth-order valence-corrected chi connectivity index (χ4v) is 2.64. The Morgan fingerprint density at radius 1 is 1.33 bits per heavy atom. The molecule has 1 aromatic rings. The highest BCUT2D eigenvalue weighted by atomic mass is 35.5. The topological polar surface area (TPSA) is 21.3 Å². The molecule has 1 aliphatic rings. The SMILES string of the molecule is CC1(C)CC(NCc2ccc(Cl)c(Cl)c2)CCO1. The first kappa shape index (κ1) is 14.1. The lowest BCUT2D eigenvalue weighted by atomic mass is 9.94. The molecule has 4 heteroatoms. The molecule has 0 radical (unpaired) electrons. The van der Waals surface area contributed by atoms with Crippen LogP contribution in [0.1, 0.15) is 32.3 Å². The van der Waals surface area contributed by atoms with Crippen LogP contribution in [-0.4, -0.2) is 18.2 Å². The smallest absolute Gasteiger partial charge is 0.0641 e. The number of halogens is 2. The second-order valence-corrected chi connectivity index (χ2v) is 6.24. The van der Waals surface area contributed by atoms with Gasteiger partial charge in [0.2, 0.25) is 0 Å². The highest BCUT2D eigenvalue weighted by Gasteiger charge is 2.28. The van der Waals surface area contributed by atoms with Gasteiger partial charge in [-0.2, -0.15) is 0 Å². The number of hydrogen-bond acceptors (Lipinski definition) is 2. The number of ether oxygens (including phenoxy) is 1. The van der Waals surface area contributed by atoms with Crippen molar-refractivity contribution in [2.75, 3.05) is 6.61 Å². The minimum atomic E-state index is -0.0203. The fraction of sp³-hybridized carbons (Fsp3) is 0.571. The van der Waals surface area contributed by atoms with Crippen molar-refractivity contribution in [1.29, 1.82) is 0 Å². The quantitative estimate of drug-likeness (QED) is 0.906. The van der Waals surface area contributed by atoms with Crippen LogP contribution in [0.4, 0.5) is 0 Å². The molecule has 0 amide bonds. The number of hydrogen-bond donors (Lipinski definition) is 1. The Morgan fingerprint density at radius 3 is 2.78 bits per heavy atom. The van der Waals surface area contributed by atoms with Crippen molar-refractivity contribution >= 4 is 23.2 Å². The van der Waals surface area contributed by atoms with Gasteiger partial charge in [0.25, 0.3) is 0 Å². The molecule has 1 heterocycles. The van der Waals surface area contributed by atoms with E-state index in [0.717, 1.165) is 31.6 Å². The van der Waals surface area contributed by atoms with Gasteiger partial charge in [0.05, 0.1) is 15.6 Å². The minimum absolute atomic E-state index is 0.0203. The van der Waals surface area contributed by atoms with E-state index in [9.17, 15) is 0 Å². The largest absolute Gasteiger partial charge is 0.375 e. The van der Waals surface area contributed by atoms with Crippen molar-refractivity contribution in [2.45, 2.75) is 44.9 Å². The van der Waals surface area contributed by atoms with E-state index in [-0.39, 0.29) is 5.60 Å². The van der Waals surface area contributed by atoms with E-state index in [2.05, 4.69) is 19.2 Å². The summed E-state index contributed by atoms with van der Waals surface area (Å²) in [6, 6.07) is 6.27. The number of benzene rings is 1. The molecular weight excluding hydrogens is 269 g/mol. The van der Waals surface area contributed by atoms with Gasteiger partial charge >= 0.3 is 0 Å². The van der Waals surface area contributed by atoms with E-state index < -0.39 is 0 Å². The zero-order valence-electron chi connectivity index (χ0n) is 10.8. The molecule has 0 aromatic heterocycles. The third-order valence-electron chi connectivity index (χ3n) is 3.28. The summed E-state index contributed by atoms with van der Waals surface area (Å²) < 4.78 is 5.70. The molecule has 1 atom stereocenters. The summed E-state index contributed by atoms with van der Waals surface area (Å²) in [6.45, 7) is 5.92. The van der Waals surface area contributed by atoms with E-state index in [1.165, 1.54) is 0 Å². The summed E-state index contributed by atoms with van der Waals surface area (Å²) in [5.41, 5.74) is 1.14. The zero-order valence-corrected chi connectivity index (χ0v) is 12.3. The number of nitrogens with one attached hydrogen (secondary N) is 1. The highest BCUT2D eigenvalue weighted by molar-refractivity contribution is 6.42. The molecule has 0 spiro atoms. The highest BCUT2D eigenvalue weighted by Crippen LogP contribution is 2.25. The van der Waals surface area contributed by atoms with E-state index in [0.29, 0.717) is 16.1 Å². The molecule has 0 saturated carbocycles. The van der Waals surface area contributed by atoms with Crippen LogP contribution < -0.4 is 5.32 Å². The van der Waals surface area contributed by atoms with E-state index in [1.54, 1.807) is 0 Å². The molecule has 2 rings (SSSR count). The van der Waals surface area contributed by atoms with Crippen LogP contribution >= 0.6 is 23.2 Å². The zero-order chi connectivity index (χ0) is 13.2. The summed E-state index contributed by atoms with van der Waals surface area (Å²) in [5.74, 6) is 0.